The van der Waals surface area contributed by atoms with Gasteiger partial charge in [0.2, 0.25) is 11.8 Å². The van der Waals surface area contributed by atoms with E-state index in [1.165, 1.54) is 23.1 Å². The van der Waals surface area contributed by atoms with Crippen LogP contribution >= 0.6 is 11.6 Å². The van der Waals surface area contributed by atoms with Gasteiger partial charge in [0.25, 0.3) is 0 Å². The van der Waals surface area contributed by atoms with Gasteiger partial charge in [0.15, 0.2) is 0 Å². The number of nitrogens with one attached hydrogen (secondary N) is 1. The molecule has 0 spiro atoms. The summed E-state index contributed by atoms with van der Waals surface area (Å²) in [5.41, 5.74) is 1.79. The summed E-state index contributed by atoms with van der Waals surface area (Å²) in [6.45, 7) is 1.99. The van der Waals surface area contributed by atoms with Gasteiger partial charge >= 0.3 is 0 Å². The Balaban J connectivity index is 1.73. The number of benzene rings is 2. The molecule has 1 N–H and O–H groups in total. The van der Waals surface area contributed by atoms with E-state index in [0.717, 1.165) is 0 Å². The molecule has 2 aromatic carbocycles. The van der Waals surface area contributed by atoms with E-state index in [9.17, 15) is 14.0 Å². The number of halogens is 2. The maximum atomic E-state index is 13.1. The average Bonchev–Trinajstić information content (AvgIpc) is 2.92. The van der Waals surface area contributed by atoms with Crippen LogP contribution in [0.5, 0.6) is 0 Å². The summed E-state index contributed by atoms with van der Waals surface area (Å²) in [5, 5.41) is 3.24. The molecule has 4 nitrogen and oxygen atoms in total. The van der Waals surface area contributed by atoms with Crippen molar-refractivity contribution in [2.75, 3.05) is 16.8 Å². The highest BCUT2D eigenvalue weighted by Crippen LogP contribution is 2.31. The first-order valence-electron chi connectivity index (χ1n) is 7.57. The highest BCUT2D eigenvalue weighted by atomic mass is 35.5. The monoisotopic (exact) mass is 346 g/mol. The normalized spacial score (nSPS) is 17.2. The molecule has 0 aromatic heterocycles. The van der Waals surface area contributed by atoms with E-state index in [4.69, 9.17) is 11.6 Å². The first-order chi connectivity index (χ1) is 11.5. The molecular weight excluding hydrogens is 331 g/mol. The van der Waals surface area contributed by atoms with Gasteiger partial charge in [0, 0.05) is 18.7 Å². The first kappa shape index (κ1) is 16.5. The van der Waals surface area contributed by atoms with Crippen LogP contribution in [0.25, 0.3) is 0 Å². The number of amides is 2. The number of para-hydroxylation sites is 1. The van der Waals surface area contributed by atoms with Crippen LogP contribution in [0.15, 0.2) is 42.5 Å². The van der Waals surface area contributed by atoms with Crippen LogP contribution in [0.4, 0.5) is 15.8 Å². The van der Waals surface area contributed by atoms with E-state index in [1.54, 1.807) is 31.2 Å². The molecule has 6 heteroatoms. The van der Waals surface area contributed by atoms with Crippen molar-refractivity contribution in [2.24, 2.45) is 5.92 Å². The number of carbonyl (C=O) groups excluding carboxylic acids is 2. The summed E-state index contributed by atoms with van der Waals surface area (Å²) >= 11 is 6.13. The molecule has 1 aliphatic rings. The zero-order valence-electron chi connectivity index (χ0n) is 13.1. The summed E-state index contributed by atoms with van der Waals surface area (Å²) in [6.07, 6.45) is 0.122. The molecule has 3 rings (SSSR count). The number of aryl methyl sites for hydroxylation is 1. The van der Waals surface area contributed by atoms with Crippen LogP contribution in [-0.2, 0) is 9.59 Å². The number of nitrogens with zero attached hydrogens (tertiary/aromatic N) is 1. The first-order valence-corrected chi connectivity index (χ1v) is 7.95. The van der Waals surface area contributed by atoms with Crippen molar-refractivity contribution in [3.8, 4) is 0 Å². The molecule has 0 bridgehead atoms. The average molecular weight is 347 g/mol. The zero-order chi connectivity index (χ0) is 17.3. The third kappa shape index (κ3) is 3.26. The minimum Gasteiger partial charge on any atom is -0.326 e. The van der Waals surface area contributed by atoms with Crippen LogP contribution in [0.2, 0.25) is 5.02 Å². The van der Waals surface area contributed by atoms with E-state index in [-0.39, 0.29) is 30.6 Å². The molecule has 2 aromatic rings. The minimum atomic E-state index is -0.474. The van der Waals surface area contributed by atoms with Crippen molar-refractivity contribution < 1.29 is 14.0 Å². The number of hydrogen-bond acceptors (Lipinski definition) is 2. The molecule has 1 fully saturated rings. The fourth-order valence-corrected chi connectivity index (χ4v) is 3.03. The molecular formula is C18H16ClFN2O2. The summed E-state index contributed by atoms with van der Waals surface area (Å²) in [6, 6.07) is 11.2. The summed E-state index contributed by atoms with van der Waals surface area (Å²) < 4.78 is 13.1. The molecule has 2 amide bonds. The highest BCUT2D eigenvalue weighted by Gasteiger charge is 2.35. The molecule has 24 heavy (non-hydrogen) atoms. The smallest absolute Gasteiger partial charge is 0.229 e. The Morgan fingerprint density at radius 1 is 1.29 bits per heavy atom. The Hall–Kier alpha value is -2.40. The third-order valence-electron chi connectivity index (χ3n) is 4.09. The quantitative estimate of drug-likeness (QED) is 0.919. The van der Waals surface area contributed by atoms with Gasteiger partial charge in [0.05, 0.1) is 16.6 Å². The van der Waals surface area contributed by atoms with E-state index >= 15 is 0 Å². The Kier molecular flexibility index (Phi) is 4.53. The van der Waals surface area contributed by atoms with E-state index in [1.807, 2.05) is 0 Å². The van der Waals surface area contributed by atoms with Crippen LogP contribution in [0.1, 0.15) is 12.0 Å². The van der Waals surface area contributed by atoms with Gasteiger partial charge in [-0.15, -0.1) is 0 Å². The van der Waals surface area contributed by atoms with Crippen LogP contribution in [0, 0.1) is 18.7 Å². The number of hydrogen-bond donors (Lipinski definition) is 1. The van der Waals surface area contributed by atoms with Gasteiger partial charge in [-0.2, -0.15) is 0 Å². The topological polar surface area (TPSA) is 49.4 Å². The van der Waals surface area contributed by atoms with E-state index in [2.05, 4.69) is 5.32 Å². The Morgan fingerprint density at radius 3 is 2.75 bits per heavy atom. The van der Waals surface area contributed by atoms with Gasteiger partial charge in [-0.3, -0.25) is 9.59 Å². The second-order valence-corrected chi connectivity index (χ2v) is 6.21. The van der Waals surface area contributed by atoms with Crippen molar-refractivity contribution in [3.63, 3.8) is 0 Å². The van der Waals surface area contributed by atoms with Crippen LogP contribution < -0.4 is 10.2 Å². The largest absolute Gasteiger partial charge is 0.326 e. The Labute approximate surface area is 144 Å². The van der Waals surface area contributed by atoms with Gasteiger partial charge in [-0.05, 0) is 42.8 Å². The van der Waals surface area contributed by atoms with Gasteiger partial charge in [-0.1, -0.05) is 23.7 Å². The van der Waals surface area contributed by atoms with Gasteiger partial charge in [0.1, 0.15) is 5.82 Å². The standard InChI is InChI=1S/C18H16ClFN2O2/c1-11-8-13(20)6-7-15(11)21-18(24)12-9-17(23)22(10-12)16-5-3-2-4-14(16)19/h2-8,12H,9-10H2,1H3,(H,21,24)/t12-/m0/s1. The predicted octanol–water partition coefficient (Wildman–Crippen LogP) is 3.78. The van der Waals surface area contributed by atoms with Gasteiger partial charge < -0.3 is 10.2 Å². The second-order valence-electron chi connectivity index (χ2n) is 5.81. The lowest BCUT2D eigenvalue weighted by Crippen LogP contribution is -2.28. The Morgan fingerprint density at radius 2 is 2.04 bits per heavy atom. The molecule has 124 valence electrons. The van der Waals surface area contributed by atoms with Crippen LogP contribution in [-0.4, -0.2) is 18.4 Å². The molecule has 1 aliphatic heterocycles. The SMILES string of the molecule is Cc1cc(F)ccc1NC(=O)[C@H]1CC(=O)N(c2ccccc2Cl)C1. The van der Waals surface area contributed by atoms with Crippen molar-refractivity contribution in [2.45, 2.75) is 13.3 Å². The summed E-state index contributed by atoms with van der Waals surface area (Å²) in [7, 11) is 0. The number of carbonyl (C=O) groups is 2. The summed E-state index contributed by atoms with van der Waals surface area (Å²) in [4.78, 5) is 26.2. The van der Waals surface area contributed by atoms with Crippen molar-refractivity contribution in [1.82, 2.24) is 0 Å². The lowest BCUT2D eigenvalue weighted by atomic mass is 10.1. The molecule has 1 atom stereocenters. The fourth-order valence-electron chi connectivity index (χ4n) is 2.79. The minimum absolute atomic E-state index is 0.122. The van der Waals surface area contributed by atoms with E-state index in [0.29, 0.717) is 22.0 Å². The van der Waals surface area contributed by atoms with Crippen molar-refractivity contribution in [3.05, 3.63) is 58.9 Å². The lowest BCUT2D eigenvalue weighted by molar-refractivity contribution is -0.122. The molecule has 0 unspecified atom stereocenters. The summed E-state index contributed by atoms with van der Waals surface area (Å²) in [5.74, 6) is -1.23. The second kappa shape index (κ2) is 6.61. The maximum absolute atomic E-state index is 13.1. The van der Waals surface area contributed by atoms with Crippen molar-refractivity contribution >= 4 is 34.8 Å². The van der Waals surface area contributed by atoms with Gasteiger partial charge in [-0.25, -0.2) is 4.39 Å². The molecule has 1 heterocycles. The lowest BCUT2D eigenvalue weighted by Gasteiger charge is -2.18. The maximum Gasteiger partial charge on any atom is 0.229 e. The molecule has 0 saturated carbocycles. The zero-order valence-corrected chi connectivity index (χ0v) is 13.8. The third-order valence-corrected chi connectivity index (χ3v) is 4.41. The number of rotatable bonds is 3. The fraction of sp³-hybridized carbons (Fsp3) is 0.222. The predicted molar refractivity (Wildman–Crippen MR) is 91.7 cm³/mol. The molecule has 1 saturated heterocycles. The van der Waals surface area contributed by atoms with E-state index < -0.39 is 5.92 Å². The highest BCUT2D eigenvalue weighted by molar-refractivity contribution is 6.33. The molecule has 0 radical (unpaired) electrons. The van der Waals surface area contributed by atoms with Crippen LogP contribution in [0.3, 0.4) is 0 Å². The Bertz CT molecular complexity index is 809. The van der Waals surface area contributed by atoms with Crippen molar-refractivity contribution in [1.29, 1.82) is 0 Å². The number of anilines is 2. The molecule has 0 aliphatic carbocycles.